The van der Waals surface area contributed by atoms with E-state index in [1.807, 2.05) is 18.2 Å². The molecule has 1 aliphatic heterocycles. The molecule has 0 atom stereocenters. The second-order valence-corrected chi connectivity index (χ2v) is 6.19. The number of rotatable bonds is 3. The van der Waals surface area contributed by atoms with E-state index in [0.717, 1.165) is 0 Å². The van der Waals surface area contributed by atoms with Gasteiger partial charge in [0.25, 0.3) is 11.8 Å². The molecule has 0 radical (unpaired) electrons. The Balaban J connectivity index is 1.68. The highest BCUT2D eigenvalue weighted by molar-refractivity contribution is 5.97. The first kappa shape index (κ1) is 17.7. The van der Waals surface area contributed by atoms with Crippen molar-refractivity contribution >= 4 is 17.8 Å². The Bertz CT molecular complexity index is 820. The summed E-state index contributed by atoms with van der Waals surface area (Å²) in [7, 11) is 0. The summed E-state index contributed by atoms with van der Waals surface area (Å²) in [5, 5.41) is 9.08. The highest BCUT2D eigenvalue weighted by Crippen LogP contribution is 2.13. The minimum atomic E-state index is -1.06. The molecule has 2 aromatic carbocycles. The molecule has 6 heteroatoms. The molecule has 134 valence electrons. The topological polar surface area (TPSA) is 77.9 Å². The molecular formula is C20H20N2O4. The van der Waals surface area contributed by atoms with Crippen molar-refractivity contribution in [1.29, 1.82) is 0 Å². The van der Waals surface area contributed by atoms with E-state index in [4.69, 9.17) is 5.11 Å². The van der Waals surface area contributed by atoms with Crippen LogP contribution in [0.15, 0.2) is 54.6 Å². The van der Waals surface area contributed by atoms with Crippen LogP contribution >= 0.6 is 0 Å². The van der Waals surface area contributed by atoms with Crippen LogP contribution in [-0.4, -0.2) is 58.9 Å². The van der Waals surface area contributed by atoms with Crippen molar-refractivity contribution in [1.82, 2.24) is 9.80 Å². The van der Waals surface area contributed by atoms with Gasteiger partial charge in [-0.3, -0.25) is 9.59 Å². The van der Waals surface area contributed by atoms with Crippen molar-refractivity contribution in [2.45, 2.75) is 6.42 Å². The number of hydrogen-bond donors (Lipinski definition) is 1. The highest BCUT2D eigenvalue weighted by Gasteiger charge is 2.23. The van der Waals surface area contributed by atoms with Gasteiger partial charge < -0.3 is 14.9 Å². The first-order valence-electron chi connectivity index (χ1n) is 8.53. The van der Waals surface area contributed by atoms with Crippen molar-refractivity contribution in [3.05, 3.63) is 71.3 Å². The van der Waals surface area contributed by atoms with Gasteiger partial charge in [-0.25, -0.2) is 4.79 Å². The Hall–Kier alpha value is -3.15. The number of hydrogen-bond acceptors (Lipinski definition) is 3. The number of aromatic carboxylic acids is 1. The van der Waals surface area contributed by atoms with Crippen molar-refractivity contribution in [3.63, 3.8) is 0 Å². The molecule has 1 N–H and O–H groups in total. The Morgan fingerprint density at radius 2 is 1.23 bits per heavy atom. The van der Waals surface area contributed by atoms with E-state index in [1.165, 1.54) is 12.1 Å². The summed E-state index contributed by atoms with van der Waals surface area (Å²) in [6.45, 7) is 2.01. The molecule has 0 unspecified atom stereocenters. The van der Waals surface area contributed by atoms with Gasteiger partial charge >= 0.3 is 5.97 Å². The molecule has 0 bridgehead atoms. The zero-order valence-corrected chi connectivity index (χ0v) is 14.3. The third-order valence-corrected chi connectivity index (χ3v) is 4.45. The number of carboxylic acids is 1. The lowest BCUT2D eigenvalue weighted by Gasteiger charge is -2.22. The smallest absolute Gasteiger partial charge is 0.335 e. The van der Waals surface area contributed by atoms with Crippen LogP contribution in [0.4, 0.5) is 0 Å². The SMILES string of the molecule is O=C(O)c1cccc(C(=O)N2CCCN(C(=O)c3ccccc3)CC2)c1. The van der Waals surface area contributed by atoms with Crippen molar-refractivity contribution in [2.75, 3.05) is 26.2 Å². The molecule has 1 fully saturated rings. The summed E-state index contributed by atoms with van der Waals surface area (Å²) >= 11 is 0. The lowest BCUT2D eigenvalue weighted by molar-refractivity contribution is 0.0694. The number of carboxylic acid groups (broad SMARTS) is 1. The van der Waals surface area contributed by atoms with Gasteiger partial charge in [-0.05, 0) is 36.8 Å². The average Bonchev–Trinajstić information content (AvgIpc) is 2.94. The molecule has 6 nitrogen and oxygen atoms in total. The molecule has 0 saturated carbocycles. The van der Waals surface area contributed by atoms with Gasteiger partial charge in [-0.15, -0.1) is 0 Å². The molecule has 1 aliphatic rings. The van der Waals surface area contributed by atoms with Crippen LogP contribution in [0.5, 0.6) is 0 Å². The number of benzene rings is 2. The Labute approximate surface area is 151 Å². The predicted molar refractivity (Wildman–Crippen MR) is 96.3 cm³/mol. The molecule has 2 aromatic rings. The summed E-state index contributed by atoms with van der Waals surface area (Å²) in [5.74, 6) is -1.30. The normalized spacial score (nSPS) is 14.6. The van der Waals surface area contributed by atoms with Crippen LogP contribution in [0.25, 0.3) is 0 Å². The summed E-state index contributed by atoms with van der Waals surface area (Å²) < 4.78 is 0. The number of amides is 2. The maximum Gasteiger partial charge on any atom is 0.335 e. The zero-order chi connectivity index (χ0) is 18.5. The van der Waals surface area contributed by atoms with Crippen LogP contribution in [-0.2, 0) is 0 Å². The van der Waals surface area contributed by atoms with E-state index in [9.17, 15) is 14.4 Å². The maximum absolute atomic E-state index is 12.7. The summed E-state index contributed by atoms with van der Waals surface area (Å²) in [6.07, 6.45) is 0.683. The molecular weight excluding hydrogens is 332 g/mol. The van der Waals surface area contributed by atoms with E-state index < -0.39 is 5.97 Å². The van der Waals surface area contributed by atoms with Gasteiger partial charge in [0, 0.05) is 37.3 Å². The summed E-state index contributed by atoms with van der Waals surface area (Å²) in [5.41, 5.74) is 1.08. The molecule has 1 heterocycles. The van der Waals surface area contributed by atoms with Gasteiger partial charge in [0.05, 0.1) is 5.56 Å². The second-order valence-electron chi connectivity index (χ2n) is 6.19. The third kappa shape index (κ3) is 3.91. The third-order valence-electron chi connectivity index (χ3n) is 4.45. The van der Waals surface area contributed by atoms with Crippen molar-refractivity contribution in [2.24, 2.45) is 0 Å². The van der Waals surface area contributed by atoms with E-state index in [0.29, 0.717) is 43.7 Å². The molecule has 0 aliphatic carbocycles. The van der Waals surface area contributed by atoms with Crippen molar-refractivity contribution < 1.29 is 19.5 Å². The van der Waals surface area contributed by atoms with Gasteiger partial charge in [0.15, 0.2) is 0 Å². The molecule has 0 spiro atoms. The number of nitrogens with zero attached hydrogens (tertiary/aromatic N) is 2. The van der Waals surface area contributed by atoms with E-state index in [2.05, 4.69) is 0 Å². The van der Waals surface area contributed by atoms with Gasteiger partial charge in [-0.1, -0.05) is 24.3 Å². The fourth-order valence-electron chi connectivity index (χ4n) is 3.05. The first-order chi connectivity index (χ1) is 12.6. The van der Waals surface area contributed by atoms with Crippen LogP contribution in [0, 0.1) is 0 Å². The maximum atomic E-state index is 12.7. The fourth-order valence-corrected chi connectivity index (χ4v) is 3.05. The molecule has 3 rings (SSSR count). The van der Waals surface area contributed by atoms with Crippen LogP contribution in [0.3, 0.4) is 0 Å². The fraction of sp³-hybridized carbons (Fsp3) is 0.250. The molecule has 1 saturated heterocycles. The second kappa shape index (κ2) is 7.82. The summed E-state index contributed by atoms with van der Waals surface area (Å²) in [6, 6.07) is 15.1. The number of carbonyl (C=O) groups excluding carboxylic acids is 2. The predicted octanol–water partition coefficient (Wildman–Crippen LogP) is 2.37. The van der Waals surface area contributed by atoms with Crippen LogP contribution in [0.1, 0.15) is 37.5 Å². The van der Waals surface area contributed by atoms with Crippen LogP contribution in [0.2, 0.25) is 0 Å². The first-order valence-corrected chi connectivity index (χ1v) is 8.53. The number of carbonyl (C=O) groups is 3. The zero-order valence-electron chi connectivity index (χ0n) is 14.3. The summed E-state index contributed by atoms with van der Waals surface area (Å²) in [4.78, 5) is 39.8. The Kier molecular flexibility index (Phi) is 5.31. The van der Waals surface area contributed by atoms with E-state index >= 15 is 0 Å². The largest absolute Gasteiger partial charge is 0.478 e. The van der Waals surface area contributed by atoms with Gasteiger partial charge in [0.1, 0.15) is 0 Å². The average molecular weight is 352 g/mol. The lowest BCUT2D eigenvalue weighted by atomic mass is 10.1. The standard InChI is InChI=1S/C20H20N2O4/c23-18(15-6-2-1-3-7-15)21-10-5-11-22(13-12-21)19(24)16-8-4-9-17(14-16)20(25)26/h1-4,6-9,14H,5,10-13H2,(H,25,26). The molecule has 26 heavy (non-hydrogen) atoms. The van der Waals surface area contributed by atoms with Gasteiger partial charge in [-0.2, -0.15) is 0 Å². The van der Waals surface area contributed by atoms with Gasteiger partial charge in [0.2, 0.25) is 0 Å². The Morgan fingerprint density at radius 3 is 1.85 bits per heavy atom. The van der Waals surface area contributed by atoms with E-state index in [-0.39, 0.29) is 17.4 Å². The van der Waals surface area contributed by atoms with Crippen molar-refractivity contribution in [3.8, 4) is 0 Å². The molecule has 2 amide bonds. The van der Waals surface area contributed by atoms with E-state index in [1.54, 1.807) is 34.1 Å². The lowest BCUT2D eigenvalue weighted by Crippen LogP contribution is -2.37. The van der Waals surface area contributed by atoms with Crippen LogP contribution < -0.4 is 0 Å². The monoisotopic (exact) mass is 352 g/mol. The minimum Gasteiger partial charge on any atom is -0.478 e. The Morgan fingerprint density at radius 1 is 0.692 bits per heavy atom. The highest BCUT2D eigenvalue weighted by atomic mass is 16.4. The minimum absolute atomic E-state index is 0.0345. The molecule has 0 aromatic heterocycles. The quantitative estimate of drug-likeness (QED) is 0.920.